The number of hydrogen-bond donors (Lipinski definition) is 3. The molecule has 0 saturated heterocycles. The Bertz CT molecular complexity index is 726. The highest BCUT2D eigenvalue weighted by molar-refractivity contribution is 5.89. The maximum atomic E-state index is 12.4. The van der Waals surface area contributed by atoms with Crippen molar-refractivity contribution in [3.05, 3.63) is 22.6 Å². The van der Waals surface area contributed by atoms with Crippen LogP contribution in [-0.4, -0.2) is 26.6 Å². The summed E-state index contributed by atoms with van der Waals surface area (Å²) in [6.07, 6.45) is 4.67. The van der Waals surface area contributed by atoms with E-state index in [1.165, 1.54) is 4.57 Å². The molecule has 7 heteroatoms. The van der Waals surface area contributed by atoms with Gasteiger partial charge >= 0.3 is 0 Å². The number of anilines is 2. The summed E-state index contributed by atoms with van der Waals surface area (Å²) in [5, 5.41) is 3.76. The number of nitrogens with one attached hydrogen (secondary N) is 1. The van der Waals surface area contributed by atoms with E-state index in [0.717, 1.165) is 19.3 Å². The van der Waals surface area contributed by atoms with E-state index in [-0.39, 0.29) is 17.0 Å². The van der Waals surface area contributed by atoms with Crippen molar-refractivity contribution >= 4 is 22.7 Å². The van der Waals surface area contributed by atoms with Gasteiger partial charge in [-0.25, -0.2) is 4.98 Å². The monoisotopic (exact) mass is 304 g/mol. The van der Waals surface area contributed by atoms with Crippen LogP contribution in [0.2, 0.25) is 0 Å². The number of unbranched alkanes of at least 4 members (excludes halogenated alkanes) is 1. The zero-order chi connectivity index (χ0) is 16.3. The Hall–Kier alpha value is -2.15. The van der Waals surface area contributed by atoms with E-state index in [2.05, 4.69) is 22.2 Å². The predicted octanol–water partition coefficient (Wildman–Crippen LogP) is 1.23. The van der Waals surface area contributed by atoms with Crippen molar-refractivity contribution in [3.8, 4) is 0 Å². The Balaban J connectivity index is 2.54. The number of nitrogens with two attached hydrogens (primary N) is 2. The molecule has 1 atom stereocenters. The largest absolute Gasteiger partial charge is 0.368 e. The van der Waals surface area contributed by atoms with Crippen molar-refractivity contribution in [2.45, 2.75) is 38.6 Å². The number of aromatic nitrogens is 3. The standard InChI is InChI=1S/C15H24N6O/c1-4-5-7-15(2,9-16)20-12-11-10(18-14(17)19-12)6-8-21(3)13(11)22/h6,8H,4-5,7,9,16H2,1-3H3,(H3,17,18,19,20). The van der Waals surface area contributed by atoms with Crippen LogP contribution >= 0.6 is 0 Å². The summed E-state index contributed by atoms with van der Waals surface area (Å²) in [6.45, 7) is 4.59. The molecule has 0 aliphatic rings. The molecule has 22 heavy (non-hydrogen) atoms. The van der Waals surface area contributed by atoms with E-state index in [1.54, 1.807) is 19.3 Å². The second kappa shape index (κ2) is 6.31. The summed E-state index contributed by atoms with van der Waals surface area (Å²) >= 11 is 0. The summed E-state index contributed by atoms with van der Waals surface area (Å²) in [5.41, 5.74) is 11.7. The van der Waals surface area contributed by atoms with Crippen LogP contribution in [0.3, 0.4) is 0 Å². The first-order chi connectivity index (χ1) is 10.4. The van der Waals surface area contributed by atoms with Crippen LogP contribution in [0.25, 0.3) is 10.9 Å². The molecule has 2 aromatic rings. The highest BCUT2D eigenvalue weighted by Gasteiger charge is 2.24. The van der Waals surface area contributed by atoms with Gasteiger partial charge in [0.25, 0.3) is 5.56 Å². The molecule has 2 aromatic heterocycles. The number of rotatable bonds is 6. The van der Waals surface area contributed by atoms with Gasteiger partial charge in [-0.1, -0.05) is 19.8 Å². The third-order valence-corrected chi connectivity index (χ3v) is 3.90. The zero-order valence-electron chi connectivity index (χ0n) is 13.4. The minimum Gasteiger partial charge on any atom is -0.368 e. The molecule has 2 rings (SSSR count). The maximum absolute atomic E-state index is 12.4. The molecular weight excluding hydrogens is 280 g/mol. The topological polar surface area (TPSA) is 112 Å². The number of pyridine rings is 1. The first-order valence-corrected chi connectivity index (χ1v) is 7.51. The molecule has 0 aliphatic carbocycles. The van der Waals surface area contributed by atoms with E-state index < -0.39 is 0 Å². The Morgan fingerprint density at radius 2 is 2.14 bits per heavy atom. The van der Waals surface area contributed by atoms with Crippen LogP contribution < -0.4 is 22.3 Å². The van der Waals surface area contributed by atoms with Gasteiger partial charge in [0.15, 0.2) is 0 Å². The van der Waals surface area contributed by atoms with Crippen LogP contribution in [0.4, 0.5) is 11.8 Å². The summed E-state index contributed by atoms with van der Waals surface area (Å²) in [7, 11) is 1.70. The quantitative estimate of drug-likeness (QED) is 0.740. The predicted molar refractivity (Wildman–Crippen MR) is 89.8 cm³/mol. The number of hydrogen-bond acceptors (Lipinski definition) is 6. The highest BCUT2D eigenvalue weighted by atomic mass is 16.1. The van der Waals surface area contributed by atoms with E-state index in [0.29, 0.717) is 23.3 Å². The molecule has 0 aliphatic heterocycles. The van der Waals surface area contributed by atoms with Gasteiger partial charge in [-0.05, 0) is 19.4 Å². The van der Waals surface area contributed by atoms with Crippen molar-refractivity contribution < 1.29 is 0 Å². The molecular formula is C15H24N6O. The van der Waals surface area contributed by atoms with Crippen molar-refractivity contribution in [1.82, 2.24) is 14.5 Å². The van der Waals surface area contributed by atoms with E-state index >= 15 is 0 Å². The first kappa shape index (κ1) is 16.2. The molecule has 5 N–H and O–H groups in total. The average molecular weight is 304 g/mol. The molecule has 0 radical (unpaired) electrons. The minimum atomic E-state index is -0.343. The Morgan fingerprint density at radius 3 is 2.77 bits per heavy atom. The van der Waals surface area contributed by atoms with Crippen LogP contribution in [-0.2, 0) is 7.05 Å². The second-order valence-corrected chi connectivity index (χ2v) is 5.92. The summed E-state index contributed by atoms with van der Waals surface area (Å²) in [4.78, 5) is 20.8. The van der Waals surface area contributed by atoms with Gasteiger partial charge in [0, 0.05) is 25.3 Å². The molecule has 1 unspecified atom stereocenters. The lowest BCUT2D eigenvalue weighted by molar-refractivity contribution is 0.461. The Kier molecular flexibility index (Phi) is 4.65. The smallest absolute Gasteiger partial charge is 0.263 e. The molecule has 120 valence electrons. The van der Waals surface area contributed by atoms with E-state index in [1.807, 2.05) is 6.92 Å². The fraction of sp³-hybridized carbons (Fsp3) is 0.533. The number of nitrogens with zero attached hydrogens (tertiary/aromatic N) is 3. The number of aryl methyl sites for hydroxylation is 1. The number of fused-ring (bicyclic) bond motifs is 1. The van der Waals surface area contributed by atoms with Crippen molar-refractivity contribution in [2.75, 3.05) is 17.6 Å². The van der Waals surface area contributed by atoms with Gasteiger partial charge in [0.05, 0.1) is 5.52 Å². The van der Waals surface area contributed by atoms with Gasteiger partial charge in [-0.15, -0.1) is 0 Å². The van der Waals surface area contributed by atoms with Crippen molar-refractivity contribution in [2.24, 2.45) is 12.8 Å². The van der Waals surface area contributed by atoms with Gasteiger partial charge in [-0.3, -0.25) is 4.79 Å². The SMILES string of the molecule is CCCCC(C)(CN)Nc1nc(N)nc2ccn(C)c(=O)c12. The molecule has 0 amide bonds. The number of nitrogen functional groups attached to an aromatic ring is 1. The van der Waals surface area contributed by atoms with Gasteiger partial charge in [0.2, 0.25) is 5.95 Å². The second-order valence-electron chi connectivity index (χ2n) is 5.92. The summed E-state index contributed by atoms with van der Waals surface area (Å²) < 4.78 is 1.50. The van der Waals surface area contributed by atoms with Gasteiger partial charge < -0.3 is 21.4 Å². The molecule has 0 saturated carbocycles. The third-order valence-electron chi connectivity index (χ3n) is 3.90. The fourth-order valence-corrected chi connectivity index (χ4v) is 2.41. The molecule has 7 nitrogen and oxygen atoms in total. The van der Waals surface area contributed by atoms with Crippen molar-refractivity contribution in [3.63, 3.8) is 0 Å². The molecule has 0 spiro atoms. The molecule has 0 fully saturated rings. The van der Waals surface area contributed by atoms with Crippen molar-refractivity contribution in [1.29, 1.82) is 0 Å². The zero-order valence-corrected chi connectivity index (χ0v) is 13.4. The Morgan fingerprint density at radius 1 is 1.41 bits per heavy atom. The van der Waals surface area contributed by atoms with E-state index in [9.17, 15) is 4.79 Å². The first-order valence-electron chi connectivity index (χ1n) is 7.51. The van der Waals surface area contributed by atoms with Gasteiger partial charge in [-0.2, -0.15) is 4.98 Å². The van der Waals surface area contributed by atoms with Crippen LogP contribution in [0.5, 0.6) is 0 Å². The summed E-state index contributed by atoms with van der Waals surface area (Å²) in [5.74, 6) is 0.589. The molecule has 2 heterocycles. The normalized spacial score (nSPS) is 14.0. The van der Waals surface area contributed by atoms with E-state index in [4.69, 9.17) is 11.5 Å². The minimum absolute atomic E-state index is 0.137. The third kappa shape index (κ3) is 3.19. The highest BCUT2D eigenvalue weighted by Crippen LogP contribution is 2.23. The fourth-order valence-electron chi connectivity index (χ4n) is 2.41. The summed E-state index contributed by atoms with van der Waals surface area (Å²) in [6, 6.07) is 1.76. The average Bonchev–Trinajstić information content (AvgIpc) is 2.48. The molecule has 0 bridgehead atoms. The lowest BCUT2D eigenvalue weighted by Crippen LogP contribution is -2.43. The van der Waals surface area contributed by atoms with Crippen LogP contribution in [0.1, 0.15) is 33.1 Å². The lowest BCUT2D eigenvalue weighted by atomic mass is 9.95. The lowest BCUT2D eigenvalue weighted by Gasteiger charge is -2.30. The van der Waals surface area contributed by atoms with Crippen LogP contribution in [0.15, 0.2) is 17.1 Å². The Labute approximate surface area is 129 Å². The van der Waals surface area contributed by atoms with Gasteiger partial charge in [0.1, 0.15) is 11.2 Å². The maximum Gasteiger partial charge on any atom is 0.263 e. The molecule has 0 aromatic carbocycles. The van der Waals surface area contributed by atoms with Crippen LogP contribution in [0, 0.1) is 0 Å².